The van der Waals surface area contributed by atoms with Gasteiger partial charge < -0.3 is 15.8 Å². The smallest absolute Gasteiger partial charge is 0.229 e. The van der Waals surface area contributed by atoms with Gasteiger partial charge in [-0.25, -0.2) is 0 Å². The lowest BCUT2D eigenvalue weighted by molar-refractivity contribution is -0.131. The molecule has 0 aliphatic heterocycles. The molecule has 3 N–H and O–H groups in total. The zero-order valence-corrected chi connectivity index (χ0v) is 16.0. The number of aryl methyl sites for hydroxylation is 1. The van der Waals surface area contributed by atoms with Crippen LogP contribution < -0.4 is 15.8 Å². The van der Waals surface area contributed by atoms with Crippen LogP contribution in [0.4, 0.5) is 5.69 Å². The van der Waals surface area contributed by atoms with Crippen molar-refractivity contribution < 1.29 is 9.53 Å². The summed E-state index contributed by atoms with van der Waals surface area (Å²) in [4.78, 5) is 17.2. The van der Waals surface area contributed by atoms with Gasteiger partial charge in [0.05, 0.1) is 16.3 Å². The zero-order valence-electron chi connectivity index (χ0n) is 16.0. The minimum absolute atomic E-state index is 0.0478. The van der Waals surface area contributed by atoms with Gasteiger partial charge in [0.2, 0.25) is 5.91 Å². The maximum atomic E-state index is 12.7. The van der Waals surface area contributed by atoms with E-state index in [1.54, 1.807) is 0 Å². The van der Waals surface area contributed by atoms with Crippen molar-refractivity contribution in [3.8, 4) is 5.75 Å². The average Bonchev–Trinajstić information content (AvgIpc) is 2.60. The van der Waals surface area contributed by atoms with Gasteiger partial charge >= 0.3 is 0 Å². The number of nitrogen functional groups attached to an aromatic ring is 1. The van der Waals surface area contributed by atoms with Crippen LogP contribution in [0.3, 0.4) is 0 Å². The number of ether oxygens (including phenoxy) is 1. The summed E-state index contributed by atoms with van der Waals surface area (Å²) < 4.78 is 6.03. The first-order valence-corrected chi connectivity index (χ1v) is 9.46. The Morgan fingerprint density at radius 3 is 2.77 bits per heavy atom. The van der Waals surface area contributed by atoms with Crippen LogP contribution in [0.2, 0.25) is 0 Å². The van der Waals surface area contributed by atoms with Gasteiger partial charge in [0.15, 0.2) is 0 Å². The first kappa shape index (κ1) is 18.5. The van der Waals surface area contributed by atoms with Gasteiger partial charge in [-0.05, 0) is 51.8 Å². The molecule has 5 nitrogen and oxygen atoms in total. The van der Waals surface area contributed by atoms with E-state index in [9.17, 15) is 4.79 Å². The minimum Gasteiger partial charge on any atom is -0.492 e. The maximum Gasteiger partial charge on any atom is 0.229 e. The number of anilines is 1. The average molecular weight is 355 g/mol. The molecule has 1 amide bonds. The van der Waals surface area contributed by atoms with Gasteiger partial charge in [0, 0.05) is 17.4 Å². The molecule has 0 unspecified atom stereocenters. The fourth-order valence-electron chi connectivity index (χ4n) is 3.49. The number of aromatic nitrogens is 1. The Hall–Kier alpha value is -2.30. The SMILES string of the molecule is Cc1cc(N)c2c(OCC(C)(C)C(=O)NC3CCCCC3)cccc2n1. The van der Waals surface area contributed by atoms with Crippen molar-refractivity contribution in [2.24, 2.45) is 5.41 Å². The molecule has 1 aliphatic carbocycles. The number of nitrogens with one attached hydrogen (secondary N) is 1. The Morgan fingerprint density at radius 2 is 2.04 bits per heavy atom. The number of hydrogen-bond donors (Lipinski definition) is 2. The van der Waals surface area contributed by atoms with Crippen LogP contribution in [0, 0.1) is 12.3 Å². The van der Waals surface area contributed by atoms with Gasteiger partial charge in [-0.15, -0.1) is 0 Å². The van der Waals surface area contributed by atoms with Crippen LogP contribution in [0.5, 0.6) is 5.75 Å². The molecule has 1 saturated carbocycles. The summed E-state index contributed by atoms with van der Waals surface area (Å²) in [7, 11) is 0. The molecular weight excluding hydrogens is 326 g/mol. The van der Waals surface area contributed by atoms with Gasteiger partial charge in [-0.3, -0.25) is 9.78 Å². The number of carbonyl (C=O) groups is 1. The molecule has 5 heteroatoms. The monoisotopic (exact) mass is 355 g/mol. The van der Waals surface area contributed by atoms with E-state index in [4.69, 9.17) is 10.5 Å². The van der Waals surface area contributed by atoms with Crippen LogP contribution in [-0.2, 0) is 4.79 Å². The molecule has 0 saturated heterocycles. The van der Waals surface area contributed by atoms with E-state index in [1.807, 2.05) is 45.0 Å². The van der Waals surface area contributed by atoms with E-state index >= 15 is 0 Å². The first-order valence-electron chi connectivity index (χ1n) is 9.46. The Labute approximate surface area is 155 Å². The van der Waals surface area contributed by atoms with Crippen LogP contribution in [0.1, 0.15) is 51.6 Å². The summed E-state index contributed by atoms with van der Waals surface area (Å²) in [6.07, 6.45) is 5.82. The van der Waals surface area contributed by atoms with Crippen molar-refractivity contribution in [3.05, 3.63) is 30.0 Å². The van der Waals surface area contributed by atoms with Crippen molar-refractivity contribution >= 4 is 22.5 Å². The van der Waals surface area contributed by atoms with Gasteiger partial charge in [-0.1, -0.05) is 25.3 Å². The Balaban J connectivity index is 1.71. The van der Waals surface area contributed by atoms with Crippen LogP contribution >= 0.6 is 0 Å². The molecule has 0 bridgehead atoms. The number of benzene rings is 1. The number of pyridine rings is 1. The molecule has 140 valence electrons. The molecule has 1 aromatic heterocycles. The Bertz CT molecular complexity index is 795. The highest BCUT2D eigenvalue weighted by atomic mass is 16.5. The third kappa shape index (κ3) is 4.09. The van der Waals surface area contributed by atoms with E-state index in [0.29, 0.717) is 17.5 Å². The van der Waals surface area contributed by atoms with Crippen molar-refractivity contribution in [2.45, 2.75) is 58.9 Å². The quantitative estimate of drug-likeness (QED) is 0.850. The maximum absolute atomic E-state index is 12.7. The summed E-state index contributed by atoms with van der Waals surface area (Å²) in [6.45, 7) is 6.05. The van der Waals surface area contributed by atoms with Gasteiger partial charge in [0.25, 0.3) is 0 Å². The van der Waals surface area contributed by atoms with Crippen molar-refractivity contribution in [1.82, 2.24) is 10.3 Å². The standard InChI is InChI=1S/C21H29N3O2/c1-14-12-16(22)19-17(23-14)10-7-11-18(19)26-13-21(2,3)20(25)24-15-8-5-4-6-9-15/h7,10-12,15H,4-6,8-9,13H2,1-3H3,(H2,22,23)(H,24,25). The summed E-state index contributed by atoms with van der Waals surface area (Å²) >= 11 is 0. The summed E-state index contributed by atoms with van der Waals surface area (Å²) in [6, 6.07) is 7.85. The molecular formula is C21H29N3O2. The predicted octanol–water partition coefficient (Wildman–Crippen LogP) is 3.98. The lowest BCUT2D eigenvalue weighted by Gasteiger charge is -2.29. The number of fused-ring (bicyclic) bond motifs is 1. The summed E-state index contributed by atoms with van der Waals surface area (Å²) in [5.41, 5.74) is 7.89. The number of nitrogens with zero attached hydrogens (tertiary/aromatic N) is 1. The minimum atomic E-state index is -0.619. The molecule has 0 atom stereocenters. The molecule has 0 spiro atoms. The second-order valence-corrected chi connectivity index (χ2v) is 7.98. The number of carbonyl (C=O) groups excluding carboxylic acids is 1. The predicted molar refractivity (Wildman–Crippen MR) is 105 cm³/mol. The molecule has 1 aliphatic rings. The fourth-order valence-corrected chi connectivity index (χ4v) is 3.49. The summed E-state index contributed by atoms with van der Waals surface area (Å²) in [5, 5.41) is 4.00. The molecule has 26 heavy (non-hydrogen) atoms. The highest BCUT2D eigenvalue weighted by Crippen LogP contribution is 2.31. The van der Waals surface area contributed by atoms with Crippen molar-refractivity contribution in [2.75, 3.05) is 12.3 Å². The lowest BCUT2D eigenvalue weighted by atomic mass is 9.90. The second kappa shape index (κ2) is 7.52. The molecule has 0 radical (unpaired) electrons. The van der Waals surface area contributed by atoms with Crippen molar-refractivity contribution in [1.29, 1.82) is 0 Å². The molecule has 1 fully saturated rings. The number of nitrogens with two attached hydrogens (primary N) is 1. The first-order chi connectivity index (χ1) is 12.4. The largest absolute Gasteiger partial charge is 0.492 e. The topological polar surface area (TPSA) is 77.2 Å². The molecule has 1 aromatic carbocycles. The van der Waals surface area contributed by atoms with E-state index in [2.05, 4.69) is 10.3 Å². The van der Waals surface area contributed by atoms with Crippen LogP contribution in [-0.4, -0.2) is 23.5 Å². The summed E-state index contributed by atoms with van der Waals surface area (Å²) in [5.74, 6) is 0.720. The third-order valence-electron chi connectivity index (χ3n) is 5.10. The van der Waals surface area contributed by atoms with Gasteiger partial charge in [0.1, 0.15) is 12.4 Å². The highest BCUT2D eigenvalue weighted by Gasteiger charge is 2.31. The number of hydrogen-bond acceptors (Lipinski definition) is 4. The zero-order chi connectivity index (χ0) is 18.7. The van der Waals surface area contributed by atoms with E-state index in [1.165, 1.54) is 19.3 Å². The van der Waals surface area contributed by atoms with E-state index in [0.717, 1.165) is 29.4 Å². The number of amides is 1. The Morgan fingerprint density at radius 1 is 1.31 bits per heavy atom. The lowest BCUT2D eigenvalue weighted by Crippen LogP contribution is -2.46. The van der Waals surface area contributed by atoms with Gasteiger partial charge in [-0.2, -0.15) is 0 Å². The van der Waals surface area contributed by atoms with E-state index in [-0.39, 0.29) is 12.5 Å². The van der Waals surface area contributed by atoms with Crippen LogP contribution in [0.15, 0.2) is 24.3 Å². The molecule has 1 heterocycles. The molecule has 3 rings (SSSR count). The highest BCUT2D eigenvalue weighted by molar-refractivity contribution is 5.95. The van der Waals surface area contributed by atoms with Crippen molar-refractivity contribution in [3.63, 3.8) is 0 Å². The number of rotatable bonds is 5. The molecule has 2 aromatic rings. The second-order valence-electron chi connectivity index (χ2n) is 7.98. The fraction of sp³-hybridized carbons (Fsp3) is 0.524. The normalized spacial score (nSPS) is 15.8. The van der Waals surface area contributed by atoms with Crippen LogP contribution in [0.25, 0.3) is 10.9 Å². The third-order valence-corrected chi connectivity index (χ3v) is 5.10. The Kier molecular flexibility index (Phi) is 5.35. The van der Waals surface area contributed by atoms with E-state index < -0.39 is 5.41 Å².